The first-order chi connectivity index (χ1) is 2.00. The maximum atomic E-state index is 2.13. The Bertz CT molecular complexity index is 10.9. The van der Waals surface area contributed by atoms with Gasteiger partial charge in [-0.2, -0.15) is 0 Å². The van der Waals surface area contributed by atoms with Crippen molar-refractivity contribution < 1.29 is 0 Å². The van der Waals surface area contributed by atoms with E-state index in [1.165, 1.54) is 48.7 Å². The van der Waals surface area contributed by atoms with Gasteiger partial charge in [-0.1, -0.05) is 0 Å². The van der Waals surface area contributed by atoms with Crippen molar-refractivity contribution in [1.29, 1.82) is 0 Å². The van der Waals surface area contributed by atoms with Crippen LogP contribution < -0.4 is 0 Å². The normalized spacial score (nSPS) is 1.43. The van der Waals surface area contributed by atoms with E-state index in [-0.39, 0.29) is 71.9 Å². The molecule has 0 aromatic carbocycles. The summed E-state index contributed by atoms with van der Waals surface area (Å²) in [5.41, 5.74) is 0. The number of hydrogen-bond donors (Lipinski definition) is 0. The summed E-state index contributed by atoms with van der Waals surface area (Å²) in [5, 5.41) is 0. The molecule has 0 spiro atoms. The molecule has 0 unspecified atom stereocenters. The Morgan fingerprint density at radius 3 is 0.571 bits per heavy atom. The van der Waals surface area contributed by atoms with E-state index in [9.17, 15) is 0 Å². The van der Waals surface area contributed by atoms with Crippen LogP contribution in [0.4, 0.5) is 0 Å². The average molecular weight is 643 g/mol. The Kier molecular flexibility index (Phi) is 224. The van der Waals surface area contributed by atoms with Gasteiger partial charge in [0.15, 0.2) is 0 Å². The molecule has 0 aromatic rings. The van der Waals surface area contributed by atoms with Crippen LogP contribution in [0.3, 0.4) is 0 Å². The van der Waals surface area contributed by atoms with Crippen LogP contribution in [-0.4, -0.2) is 48.7 Å². The molecule has 7 heavy (non-hydrogen) atoms. The summed E-state index contributed by atoms with van der Waals surface area (Å²) in [4.78, 5) is 0. The van der Waals surface area contributed by atoms with Crippen LogP contribution in [0.2, 0.25) is 9.36 Å². The summed E-state index contributed by atoms with van der Waals surface area (Å²) in [5.74, 6) is 0. The van der Waals surface area contributed by atoms with E-state index in [2.05, 4.69) is 9.36 Å². The molecule has 0 atom stereocenters. The fourth-order valence-corrected chi connectivity index (χ4v) is 0. The second kappa shape index (κ2) is 51.3. The molecule has 0 saturated heterocycles. The Morgan fingerprint density at radius 1 is 0.571 bits per heavy atom. The molecule has 0 saturated carbocycles. The molecule has 4 radical (unpaired) electrons. The Hall–Kier alpha value is 3.93. The number of hydrogen-bond acceptors (Lipinski definition) is 0. The third-order valence-corrected chi connectivity index (χ3v) is 0. The summed E-state index contributed by atoms with van der Waals surface area (Å²) in [6.45, 7) is 0. The number of halogens is 3. The fraction of sp³-hybridized carbons (Fsp3) is 1.00. The van der Waals surface area contributed by atoms with Crippen LogP contribution in [0.1, 0.15) is 0 Å². The van der Waals surface area contributed by atoms with Crippen molar-refractivity contribution in [2.75, 3.05) is 0 Å². The predicted molar refractivity (Wildman–Crippen MR) is 69.5 cm³/mol. The van der Waals surface area contributed by atoms with Gasteiger partial charge in [0, 0.05) is 0 Å². The van der Waals surface area contributed by atoms with Gasteiger partial charge < -0.3 is 0 Å². The molecule has 0 aromatic heterocycles. The minimum absolute atomic E-state index is 0. The van der Waals surface area contributed by atoms with Crippen molar-refractivity contribution in [2.24, 2.45) is 0 Å². The summed E-state index contributed by atoms with van der Waals surface area (Å²) >= 11 is 2.70. The van der Waals surface area contributed by atoms with Crippen molar-refractivity contribution in [1.82, 2.24) is 0 Å². The molecule has 0 nitrogen and oxygen atoms in total. The van der Waals surface area contributed by atoms with Crippen LogP contribution in [-0.2, 0) is 0 Å². The predicted octanol–water partition coefficient (Wildman–Crippen LogP) is 2.26. The van der Waals surface area contributed by atoms with Crippen LogP contribution >= 0.6 is 71.9 Å². The van der Waals surface area contributed by atoms with E-state index in [1.54, 1.807) is 0 Å². The van der Waals surface area contributed by atoms with Gasteiger partial charge >= 0.3 is 58.1 Å². The van der Waals surface area contributed by atoms with Crippen molar-refractivity contribution in [2.45, 2.75) is 9.36 Å². The molecule has 5 heteroatoms. The van der Waals surface area contributed by atoms with Gasteiger partial charge in [-0.05, 0) is 0 Å². The SMILES string of the molecule is I.I.I.[CH3][In].[CH3][In]. The Morgan fingerprint density at radius 2 is 0.571 bits per heavy atom. The molecule has 0 N–H and O–H groups in total. The molecule has 44 valence electrons. The zero-order valence-corrected chi connectivity index (χ0v) is 18.0. The fourth-order valence-electron chi connectivity index (χ4n) is 0. The van der Waals surface area contributed by atoms with E-state index >= 15 is 0 Å². The Labute approximate surface area is 127 Å². The van der Waals surface area contributed by atoms with E-state index in [0.717, 1.165) is 0 Å². The van der Waals surface area contributed by atoms with Crippen molar-refractivity contribution in [3.05, 3.63) is 0 Å². The second-order valence-electron chi connectivity index (χ2n) is 0. The summed E-state index contributed by atoms with van der Waals surface area (Å²) in [6.07, 6.45) is 0. The monoisotopic (exact) mass is 644 g/mol. The maximum absolute atomic E-state index is 2.13. The van der Waals surface area contributed by atoms with Crippen LogP contribution in [0.25, 0.3) is 0 Å². The van der Waals surface area contributed by atoms with Gasteiger partial charge in [0.05, 0.1) is 0 Å². The third kappa shape index (κ3) is 40.4. The zero-order valence-electron chi connectivity index (χ0n) is 4.38. The van der Waals surface area contributed by atoms with E-state index in [4.69, 9.17) is 0 Å². The van der Waals surface area contributed by atoms with Gasteiger partial charge in [-0.15, -0.1) is 71.9 Å². The zero-order chi connectivity index (χ0) is 4.00. The second-order valence-corrected chi connectivity index (χ2v) is 0. The molecule has 0 aliphatic rings. The first-order valence-corrected chi connectivity index (χ1v) is 7.75. The van der Waals surface area contributed by atoms with E-state index in [0.29, 0.717) is 0 Å². The van der Waals surface area contributed by atoms with Gasteiger partial charge in [0.1, 0.15) is 0 Å². The minimum atomic E-state index is 0. The summed E-state index contributed by atoms with van der Waals surface area (Å²) in [7, 11) is 0. The van der Waals surface area contributed by atoms with Crippen LogP contribution in [0.15, 0.2) is 0 Å². The van der Waals surface area contributed by atoms with Gasteiger partial charge in [-0.25, -0.2) is 0 Å². The van der Waals surface area contributed by atoms with Gasteiger partial charge in [0.25, 0.3) is 0 Å². The first kappa shape index (κ1) is 30.6. The molecule has 0 fully saturated rings. The van der Waals surface area contributed by atoms with Crippen LogP contribution in [0, 0.1) is 0 Å². The number of rotatable bonds is 0. The molecular formula is C2H9I3In2. The molecule has 0 aliphatic carbocycles. The molecule has 0 aliphatic heterocycles. The third-order valence-electron chi connectivity index (χ3n) is 0. The van der Waals surface area contributed by atoms with Crippen LogP contribution in [0.5, 0.6) is 0 Å². The van der Waals surface area contributed by atoms with Crippen molar-refractivity contribution in [3.63, 3.8) is 0 Å². The van der Waals surface area contributed by atoms with Gasteiger partial charge in [-0.3, -0.25) is 0 Å². The molecule has 0 rings (SSSR count). The first-order valence-electron chi connectivity index (χ1n) is 1.15. The van der Waals surface area contributed by atoms with E-state index in [1.807, 2.05) is 0 Å². The molecule has 0 bridgehead atoms. The van der Waals surface area contributed by atoms with E-state index < -0.39 is 0 Å². The topological polar surface area (TPSA) is 0 Å². The van der Waals surface area contributed by atoms with Crippen molar-refractivity contribution >= 4 is 121 Å². The Balaban J connectivity index is -0.00000000267. The summed E-state index contributed by atoms with van der Waals surface area (Å²) in [6, 6.07) is 0. The molecule has 0 heterocycles. The quantitative estimate of drug-likeness (QED) is 0.356. The summed E-state index contributed by atoms with van der Waals surface area (Å²) < 4.78 is 4.26. The standard InChI is InChI=1S/2CH3.3HI.2In/h2*1H3;3*1H;;. The average Bonchev–Trinajstić information content (AvgIpc) is 1.50. The van der Waals surface area contributed by atoms with Crippen molar-refractivity contribution in [3.8, 4) is 0 Å². The molecular weight excluding hydrogens is 634 g/mol. The van der Waals surface area contributed by atoms with Gasteiger partial charge in [0.2, 0.25) is 0 Å². The molecule has 0 amide bonds.